The Morgan fingerprint density at radius 1 is 1.10 bits per heavy atom. The summed E-state index contributed by atoms with van der Waals surface area (Å²) < 4.78 is 1.48. The predicted molar refractivity (Wildman–Crippen MR) is 108 cm³/mol. The lowest BCUT2D eigenvalue weighted by Gasteiger charge is -2.05. The van der Waals surface area contributed by atoms with E-state index < -0.39 is 11.7 Å². The lowest BCUT2D eigenvalue weighted by atomic mass is 10.2. The molecule has 0 spiro atoms. The second-order valence-electron chi connectivity index (χ2n) is 6.26. The van der Waals surface area contributed by atoms with Gasteiger partial charge in [-0.3, -0.25) is 14.7 Å². The molecule has 0 bridgehead atoms. The van der Waals surface area contributed by atoms with E-state index in [9.17, 15) is 9.59 Å². The van der Waals surface area contributed by atoms with Crippen LogP contribution in [-0.4, -0.2) is 36.7 Å². The van der Waals surface area contributed by atoms with Crippen molar-refractivity contribution in [1.82, 2.24) is 25.0 Å². The van der Waals surface area contributed by atoms with Crippen LogP contribution in [0.25, 0.3) is 17.1 Å². The van der Waals surface area contributed by atoms with E-state index in [2.05, 4.69) is 25.6 Å². The fourth-order valence-electron chi connectivity index (χ4n) is 2.84. The first kappa shape index (κ1) is 18.8. The van der Waals surface area contributed by atoms with Crippen molar-refractivity contribution in [2.45, 2.75) is 6.42 Å². The highest BCUT2D eigenvalue weighted by Gasteiger charge is 2.20. The summed E-state index contributed by atoms with van der Waals surface area (Å²) in [5, 5.41) is 22.5. The first-order valence-corrected chi connectivity index (χ1v) is 8.99. The van der Waals surface area contributed by atoms with E-state index >= 15 is 0 Å². The molecule has 0 atom stereocenters. The van der Waals surface area contributed by atoms with Crippen molar-refractivity contribution in [3.05, 3.63) is 78.4 Å². The number of H-pyrrole nitrogens is 1. The Morgan fingerprint density at radius 2 is 1.93 bits per heavy atom. The number of hydrogen-bond acceptors (Lipinski definition) is 6. The Morgan fingerprint density at radius 3 is 2.67 bits per heavy atom. The molecule has 146 valence electrons. The molecule has 0 aliphatic heterocycles. The molecule has 3 aromatic heterocycles. The molecule has 4 rings (SSSR count). The highest BCUT2D eigenvalue weighted by molar-refractivity contribution is 6.08. The van der Waals surface area contributed by atoms with Crippen LogP contribution in [0.2, 0.25) is 0 Å². The molecule has 1 aromatic carbocycles. The van der Waals surface area contributed by atoms with Crippen molar-refractivity contribution in [2.24, 2.45) is 0 Å². The maximum absolute atomic E-state index is 12.8. The molecular formula is C21H15N7O2. The van der Waals surface area contributed by atoms with Gasteiger partial charge in [0, 0.05) is 6.20 Å². The number of nitrogens with zero attached hydrogens (tertiary/aromatic N) is 5. The number of anilines is 1. The number of nitriles is 1. The molecule has 9 heteroatoms. The minimum absolute atomic E-state index is 0.0125. The van der Waals surface area contributed by atoms with Crippen molar-refractivity contribution in [1.29, 1.82) is 5.26 Å². The third-order valence-corrected chi connectivity index (χ3v) is 4.25. The van der Waals surface area contributed by atoms with Gasteiger partial charge >= 0.3 is 0 Å². The van der Waals surface area contributed by atoms with Crippen LogP contribution in [0.15, 0.2) is 67.0 Å². The van der Waals surface area contributed by atoms with Crippen molar-refractivity contribution in [3.63, 3.8) is 0 Å². The molecule has 9 nitrogen and oxygen atoms in total. The number of carbonyl (C=O) groups is 2. The van der Waals surface area contributed by atoms with Crippen LogP contribution in [0, 0.1) is 11.3 Å². The van der Waals surface area contributed by atoms with Gasteiger partial charge in [-0.1, -0.05) is 24.3 Å². The van der Waals surface area contributed by atoms with Gasteiger partial charge in [-0.2, -0.15) is 15.5 Å². The van der Waals surface area contributed by atoms with E-state index in [1.807, 2.05) is 36.4 Å². The molecule has 0 aliphatic rings. The SMILES string of the molecule is N#CCC(=O)c1nn(-c2ccccc2)cc1NC(=O)c1cccc(-c2ccn[nH]2)n1. The molecule has 0 unspecified atom stereocenters. The van der Waals surface area contributed by atoms with Gasteiger partial charge in [-0.15, -0.1) is 0 Å². The minimum Gasteiger partial charge on any atom is -0.317 e. The third kappa shape index (κ3) is 3.83. The molecule has 0 saturated carbocycles. The maximum atomic E-state index is 12.8. The monoisotopic (exact) mass is 397 g/mol. The number of benzene rings is 1. The van der Waals surface area contributed by atoms with Gasteiger partial charge in [-0.25, -0.2) is 9.67 Å². The molecule has 4 aromatic rings. The Balaban J connectivity index is 1.66. The average Bonchev–Trinajstić information content (AvgIpc) is 3.45. The fourth-order valence-corrected chi connectivity index (χ4v) is 2.84. The number of aromatic amines is 1. The topological polar surface area (TPSA) is 129 Å². The largest absolute Gasteiger partial charge is 0.317 e. The van der Waals surface area contributed by atoms with E-state index in [-0.39, 0.29) is 23.5 Å². The second-order valence-corrected chi connectivity index (χ2v) is 6.26. The van der Waals surface area contributed by atoms with Crippen LogP contribution < -0.4 is 5.32 Å². The average molecular weight is 397 g/mol. The van der Waals surface area contributed by atoms with E-state index in [0.717, 1.165) is 0 Å². The van der Waals surface area contributed by atoms with Crippen molar-refractivity contribution in [3.8, 4) is 23.1 Å². The number of aromatic nitrogens is 5. The molecule has 2 N–H and O–H groups in total. The molecule has 3 heterocycles. The standard InChI is InChI=1S/C21H15N7O2/c22-11-9-19(29)20-18(13-28(27-20)14-5-2-1-3-6-14)25-21(30)17-8-4-7-15(24-17)16-10-12-23-26-16/h1-8,10,12-13H,9H2,(H,23,26)(H,25,30). The van der Waals surface area contributed by atoms with Gasteiger partial charge in [0.15, 0.2) is 11.5 Å². The summed E-state index contributed by atoms with van der Waals surface area (Å²) >= 11 is 0. The Kier molecular flexibility index (Phi) is 5.13. The van der Waals surface area contributed by atoms with Crippen molar-refractivity contribution >= 4 is 17.4 Å². The minimum atomic E-state index is -0.505. The highest BCUT2D eigenvalue weighted by atomic mass is 16.2. The molecule has 1 amide bonds. The zero-order valence-corrected chi connectivity index (χ0v) is 15.6. The lowest BCUT2D eigenvalue weighted by Crippen LogP contribution is -2.15. The summed E-state index contributed by atoms with van der Waals surface area (Å²) in [4.78, 5) is 29.5. The normalized spacial score (nSPS) is 10.4. The molecule has 30 heavy (non-hydrogen) atoms. The Labute approximate surface area is 171 Å². The second kappa shape index (κ2) is 8.20. The summed E-state index contributed by atoms with van der Waals surface area (Å²) in [5.74, 6) is -0.989. The van der Waals surface area contributed by atoms with Gasteiger partial charge in [-0.05, 0) is 30.3 Å². The summed E-state index contributed by atoms with van der Waals surface area (Å²) in [7, 11) is 0. The van der Waals surface area contributed by atoms with E-state index in [1.165, 1.54) is 10.9 Å². The van der Waals surface area contributed by atoms with Crippen LogP contribution >= 0.6 is 0 Å². The number of nitrogens with one attached hydrogen (secondary N) is 2. The van der Waals surface area contributed by atoms with E-state index in [4.69, 9.17) is 5.26 Å². The van der Waals surface area contributed by atoms with Gasteiger partial charge in [0.05, 0.1) is 35.0 Å². The van der Waals surface area contributed by atoms with Gasteiger partial charge in [0.2, 0.25) is 0 Å². The van der Waals surface area contributed by atoms with Gasteiger partial charge < -0.3 is 5.32 Å². The van der Waals surface area contributed by atoms with Gasteiger partial charge in [0.1, 0.15) is 12.1 Å². The lowest BCUT2D eigenvalue weighted by molar-refractivity contribution is 0.0993. The number of rotatable bonds is 6. The van der Waals surface area contributed by atoms with E-state index in [1.54, 1.807) is 30.5 Å². The summed E-state index contributed by atoms with van der Waals surface area (Å²) in [6.45, 7) is 0. The van der Waals surface area contributed by atoms with E-state index in [0.29, 0.717) is 17.1 Å². The van der Waals surface area contributed by atoms with Crippen LogP contribution in [-0.2, 0) is 0 Å². The summed E-state index contributed by atoms with van der Waals surface area (Å²) in [6, 6.07) is 17.7. The molecule has 0 fully saturated rings. The van der Waals surface area contributed by atoms with Crippen molar-refractivity contribution < 1.29 is 9.59 Å². The molecule has 0 saturated heterocycles. The molecule has 0 aliphatic carbocycles. The zero-order chi connectivity index (χ0) is 20.9. The number of amides is 1. The number of pyridine rings is 1. The first-order chi connectivity index (χ1) is 14.7. The molecule has 0 radical (unpaired) electrons. The number of para-hydroxylation sites is 1. The smallest absolute Gasteiger partial charge is 0.274 e. The maximum Gasteiger partial charge on any atom is 0.274 e. The number of carbonyl (C=O) groups excluding carboxylic acids is 2. The number of Topliss-reactive ketones (excluding diaryl/α,β-unsaturated/α-hetero) is 1. The van der Waals surface area contributed by atoms with Gasteiger partial charge in [0.25, 0.3) is 5.91 Å². The quantitative estimate of drug-likeness (QED) is 0.481. The van der Waals surface area contributed by atoms with Crippen LogP contribution in [0.1, 0.15) is 27.4 Å². The number of ketones is 1. The van der Waals surface area contributed by atoms with Crippen LogP contribution in [0.3, 0.4) is 0 Å². The highest BCUT2D eigenvalue weighted by Crippen LogP contribution is 2.20. The van der Waals surface area contributed by atoms with Crippen molar-refractivity contribution in [2.75, 3.05) is 5.32 Å². The predicted octanol–water partition coefficient (Wildman–Crippen LogP) is 3.01. The number of hydrogen-bond donors (Lipinski definition) is 2. The Hall–Kier alpha value is -4.58. The fraction of sp³-hybridized carbons (Fsp3) is 0.0476. The Bertz CT molecular complexity index is 1240. The summed E-state index contributed by atoms with van der Waals surface area (Å²) in [6.07, 6.45) is 2.79. The third-order valence-electron chi connectivity index (χ3n) is 4.25. The molecular weight excluding hydrogens is 382 g/mol. The summed E-state index contributed by atoms with van der Waals surface area (Å²) in [5.41, 5.74) is 2.32. The van der Waals surface area contributed by atoms with Crippen LogP contribution in [0.4, 0.5) is 5.69 Å². The first-order valence-electron chi connectivity index (χ1n) is 8.99. The van der Waals surface area contributed by atoms with Crippen LogP contribution in [0.5, 0.6) is 0 Å². The zero-order valence-electron chi connectivity index (χ0n) is 15.6.